The summed E-state index contributed by atoms with van der Waals surface area (Å²) in [5, 5.41) is 4.85. The van der Waals surface area contributed by atoms with E-state index in [4.69, 9.17) is 0 Å². The second-order valence-corrected chi connectivity index (χ2v) is 25.1. The summed E-state index contributed by atoms with van der Waals surface area (Å²) < 4.78 is 4.99. The fourth-order valence-electron chi connectivity index (χ4n) is 15.7. The molecular weight excluding hydrogens is 1160 g/mol. The fraction of sp³-hybridized carbons (Fsp3) is 0. The molecule has 0 unspecified atom stereocenters. The molecule has 15 aromatic carbocycles. The van der Waals surface area contributed by atoms with E-state index in [9.17, 15) is 0 Å². The van der Waals surface area contributed by atoms with Gasteiger partial charge in [-0.25, -0.2) is 0 Å². The van der Waals surface area contributed by atoms with E-state index in [-0.39, 0.29) is 6.71 Å². The highest BCUT2D eigenvalue weighted by Gasteiger charge is 2.45. The van der Waals surface area contributed by atoms with Crippen molar-refractivity contribution >= 4 is 118 Å². The van der Waals surface area contributed by atoms with Gasteiger partial charge in [0, 0.05) is 55.5 Å². The standard InChI is InChI=1S/C90H60BN5/c1-5-27-61(28-6-1)64-49-53-68(54-50-64)92(77-40-18-13-35-70(77)65-33-11-4-12-34-65)69-59-88-90-89(60-69)96(87-48-26-24-46-85(87)94-80-43-21-16-38-73(80)74-39-17-22-44-81(74)94)83-56-52-67(63-31-9-3-10-32-63)58-76(83)91(90)75-57-66(62-29-7-2-8-30-62)51-55-82(75)95(88)86-47-25-23-45-84(86)93-78-41-19-14-36-71(78)72-37-15-20-42-79(72)93/h1-60H. The molecule has 0 aliphatic carbocycles. The number of nitrogens with zero attached hydrogens (tertiary/aromatic N) is 5. The number of fused-ring (bicyclic) bond motifs is 10. The lowest BCUT2D eigenvalue weighted by atomic mass is 9.33. The van der Waals surface area contributed by atoms with Crippen LogP contribution in [-0.2, 0) is 0 Å². The summed E-state index contributed by atoms with van der Waals surface area (Å²) in [4.78, 5) is 7.74. The molecule has 0 fully saturated rings. The van der Waals surface area contributed by atoms with Crippen molar-refractivity contribution in [3.8, 4) is 55.9 Å². The van der Waals surface area contributed by atoms with E-state index >= 15 is 0 Å². The van der Waals surface area contributed by atoms with Crippen molar-refractivity contribution in [2.45, 2.75) is 0 Å². The van der Waals surface area contributed by atoms with Crippen LogP contribution in [0.4, 0.5) is 51.2 Å². The third-order valence-corrected chi connectivity index (χ3v) is 19.9. The number of benzene rings is 15. The molecule has 5 nitrogen and oxygen atoms in total. The molecule has 0 saturated heterocycles. The van der Waals surface area contributed by atoms with Gasteiger partial charge in [0.25, 0.3) is 6.71 Å². The first-order valence-electron chi connectivity index (χ1n) is 33.1. The predicted molar refractivity (Wildman–Crippen MR) is 406 cm³/mol. The van der Waals surface area contributed by atoms with Crippen LogP contribution in [0.15, 0.2) is 364 Å². The highest BCUT2D eigenvalue weighted by Crippen LogP contribution is 2.53. The van der Waals surface area contributed by atoms with Crippen molar-refractivity contribution in [3.63, 3.8) is 0 Å². The van der Waals surface area contributed by atoms with Gasteiger partial charge in [0.1, 0.15) is 0 Å². The number of anilines is 9. The van der Waals surface area contributed by atoms with Crippen molar-refractivity contribution in [1.29, 1.82) is 0 Å². The Bertz CT molecular complexity index is 5480. The molecule has 2 aliphatic heterocycles. The molecule has 0 N–H and O–H groups in total. The molecule has 19 rings (SSSR count). The molecule has 0 bridgehead atoms. The number of aromatic nitrogens is 2. The maximum absolute atomic E-state index is 2.62. The van der Waals surface area contributed by atoms with Gasteiger partial charge in [-0.3, -0.25) is 0 Å². The van der Waals surface area contributed by atoms with Crippen molar-refractivity contribution in [2.24, 2.45) is 0 Å². The molecular formula is C90H60BN5. The van der Waals surface area contributed by atoms with Gasteiger partial charge in [-0.2, -0.15) is 0 Å². The molecule has 0 atom stereocenters. The molecule has 0 saturated carbocycles. The minimum Gasteiger partial charge on any atom is -0.310 e. The largest absolute Gasteiger partial charge is 0.310 e. The summed E-state index contributed by atoms with van der Waals surface area (Å²) in [7, 11) is 0. The van der Waals surface area contributed by atoms with E-state index < -0.39 is 0 Å². The zero-order chi connectivity index (χ0) is 63.2. The van der Waals surface area contributed by atoms with Gasteiger partial charge in [-0.1, -0.05) is 273 Å². The van der Waals surface area contributed by atoms with Crippen LogP contribution >= 0.6 is 0 Å². The highest BCUT2D eigenvalue weighted by atomic mass is 15.2. The average Bonchev–Trinajstić information content (AvgIpc) is 0.801. The number of hydrogen-bond donors (Lipinski definition) is 0. The molecule has 0 spiro atoms. The number of para-hydroxylation sites is 9. The molecule has 4 heterocycles. The lowest BCUT2D eigenvalue weighted by Crippen LogP contribution is -2.61. The van der Waals surface area contributed by atoms with Gasteiger partial charge in [-0.05, 0) is 146 Å². The SMILES string of the molecule is c1ccc(-c2ccc(N(c3cc4c5c(c3)N(c3ccccc3-n3c6ccccc6c6ccccc63)c3ccc(-c6ccccc6)cc3B5c3cc(-c5ccccc5)ccc3N4c3ccccc3-n3c4ccccc4c4ccccc43)c3ccccc3-c3ccccc3)cc2)cc1. The van der Waals surface area contributed by atoms with Crippen LogP contribution in [0.25, 0.3) is 99.5 Å². The van der Waals surface area contributed by atoms with Crippen LogP contribution in [0.5, 0.6) is 0 Å². The smallest absolute Gasteiger partial charge is 0.252 e. The second-order valence-electron chi connectivity index (χ2n) is 25.1. The van der Waals surface area contributed by atoms with E-state index in [1.165, 1.54) is 54.6 Å². The Kier molecular flexibility index (Phi) is 13.0. The Morgan fingerprint density at radius 2 is 0.552 bits per heavy atom. The monoisotopic (exact) mass is 1220 g/mol. The Balaban J connectivity index is 0.971. The lowest BCUT2D eigenvalue weighted by Gasteiger charge is -2.46. The van der Waals surface area contributed by atoms with E-state index in [0.29, 0.717) is 0 Å². The first-order chi connectivity index (χ1) is 47.7. The van der Waals surface area contributed by atoms with Gasteiger partial charge in [0.05, 0.1) is 56.2 Å². The quantitative estimate of drug-likeness (QED) is 0.120. The van der Waals surface area contributed by atoms with Crippen LogP contribution in [0.1, 0.15) is 0 Å². The summed E-state index contributed by atoms with van der Waals surface area (Å²) in [6, 6.07) is 135. The zero-order valence-electron chi connectivity index (χ0n) is 52.5. The highest BCUT2D eigenvalue weighted by molar-refractivity contribution is 7.00. The maximum Gasteiger partial charge on any atom is 0.252 e. The third-order valence-electron chi connectivity index (χ3n) is 19.9. The first kappa shape index (κ1) is 55.0. The van der Waals surface area contributed by atoms with Gasteiger partial charge >= 0.3 is 0 Å². The molecule has 2 aliphatic rings. The van der Waals surface area contributed by atoms with Crippen LogP contribution in [0.3, 0.4) is 0 Å². The predicted octanol–water partition coefficient (Wildman–Crippen LogP) is 22.1. The van der Waals surface area contributed by atoms with Crippen LogP contribution in [0, 0.1) is 0 Å². The van der Waals surface area contributed by atoms with Crippen LogP contribution in [0.2, 0.25) is 0 Å². The fourth-order valence-corrected chi connectivity index (χ4v) is 15.7. The molecule has 6 heteroatoms. The van der Waals surface area contributed by atoms with E-state index in [1.54, 1.807) is 0 Å². The van der Waals surface area contributed by atoms with Gasteiger partial charge in [0.2, 0.25) is 0 Å². The van der Waals surface area contributed by atoms with Gasteiger partial charge < -0.3 is 23.8 Å². The second kappa shape index (κ2) is 22.6. The summed E-state index contributed by atoms with van der Waals surface area (Å²) in [6.45, 7) is -0.245. The Morgan fingerprint density at radius 1 is 0.219 bits per heavy atom. The normalized spacial score (nSPS) is 12.3. The zero-order valence-corrected chi connectivity index (χ0v) is 52.5. The molecule has 0 radical (unpaired) electrons. The van der Waals surface area contributed by atoms with Crippen molar-refractivity contribution in [3.05, 3.63) is 364 Å². The Morgan fingerprint density at radius 3 is 0.990 bits per heavy atom. The summed E-state index contributed by atoms with van der Waals surface area (Å²) in [6.07, 6.45) is 0. The maximum atomic E-state index is 2.62. The summed E-state index contributed by atoms with van der Waals surface area (Å²) in [5.74, 6) is 0. The minimum absolute atomic E-state index is 0.245. The van der Waals surface area contributed by atoms with E-state index in [2.05, 4.69) is 388 Å². The molecule has 17 aromatic rings. The van der Waals surface area contributed by atoms with Crippen LogP contribution in [-0.4, -0.2) is 15.8 Å². The van der Waals surface area contributed by atoms with Crippen molar-refractivity contribution < 1.29 is 0 Å². The third kappa shape index (κ3) is 8.80. The summed E-state index contributed by atoms with van der Waals surface area (Å²) >= 11 is 0. The average molecular weight is 1220 g/mol. The number of rotatable bonds is 11. The molecule has 96 heavy (non-hydrogen) atoms. The lowest BCUT2D eigenvalue weighted by molar-refractivity contribution is 1.14. The summed E-state index contributed by atoms with van der Waals surface area (Å²) in [5.41, 5.74) is 29.2. The molecule has 448 valence electrons. The topological polar surface area (TPSA) is 19.6 Å². The minimum atomic E-state index is -0.245. The molecule has 0 amide bonds. The van der Waals surface area contributed by atoms with E-state index in [0.717, 1.165) is 112 Å². The first-order valence-corrected chi connectivity index (χ1v) is 33.1. The Hall–Kier alpha value is -12.6. The molecule has 2 aromatic heterocycles. The van der Waals surface area contributed by atoms with Crippen LogP contribution < -0.4 is 31.1 Å². The van der Waals surface area contributed by atoms with Crippen molar-refractivity contribution in [1.82, 2.24) is 9.13 Å². The van der Waals surface area contributed by atoms with Gasteiger partial charge in [-0.15, -0.1) is 0 Å². The van der Waals surface area contributed by atoms with Gasteiger partial charge in [0.15, 0.2) is 0 Å². The number of hydrogen-bond acceptors (Lipinski definition) is 3. The Labute approximate surface area is 558 Å². The van der Waals surface area contributed by atoms with Crippen molar-refractivity contribution in [2.75, 3.05) is 14.7 Å². The van der Waals surface area contributed by atoms with E-state index in [1.807, 2.05) is 0 Å².